The smallest absolute Gasteiger partial charge is 0.572 e. The molecule has 2 aliphatic heterocycles. The van der Waals surface area contributed by atoms with E-state index in [1.54, 1.807) is 11.6 Å². The summed E-state index contributed by atoms with van der Waals surface area (Å²) in [6.45, 7) is 0. The number of likely N-dealkylation sites (N-methyl/N-ethyl adjacent to an activating group) is 2. The van der Waals surface area contributed by atoms with Crippen molar-refractivity contribution in [1.82, 2.24) is 15.1 Å². The Labute approximate surface area is 154 Å². The number of carbonyl (C=O) groups is 3. The van der Waals surface area contributed by atoms with Crippen molar-refractivity contribution in [3.8, 4) is 0 Å². The number of hydrogen-bond acceptors (Lipinski definition) is 5. The van der Waals surface area contributed by atoms with E-state index in [4.69, 9.17) is 0 Å². The zero-order valence-corrected chi connectivity index (χ0v) is 15.0. The predicted molar refractivity (Wildman–Crippen MR) is 70.0 cm³/mol. The fraction of sp³-hybridized carbons (Fsp3) is 0.385. The van der Waals surface area contributed by atoms with Crippen LogP contribution in [-0.4, -0.2) is 54.0 Å². The minimum atomic E-state index is -1.26. The summed E-state index contributed by atoms with van der Waals surface area (Å²) in [6.07, 6.45) is 1.98. The topological polar surface area (TPSA) is 111 Å². The van der Waals surface area contributed by atoms with Crippen molar-refractivity contribution in [2.45, 2.75) is 18.5 Å². The molecule has 3 atom stereocenters. The molecule has 3 heterocycles. The van der Waals surface area contributed by atoms with E-state index in [0.717, 1.165) is 4.90 Å². The monoisotopic (exact) mass is 327 g/mol. The Morgan fingerprint density at radius 3 is 2.48 bits per heavy atom. The first kappa shape index (κ1) is 17.8. The van der Waals surface area contributed by atoms with Gasteiger partial charge in [0.2, 0.25) is 5.91 Å². The molecule has 2 saturated heterocycles. The van der Waals surface area contributed by atoms with E-state index in [1.807, 2.05) is 0 Å². The molecule has 9 nitrogen and oxygen atoms in total. The van der Waals surface area contributed by atoms with Crippen LogP contribution in [0.4, 0.5) is 4.79 Å². The van der Waals surface area contributed by atoms with Crippen molar-refractivity contribution in [1.29, 1.82) is 0 Å². The number of fused-ring (bicyclic) bond motifs is 1. The predicted octanol–water partition coefficient (Wildman–Crippen LogP) is -5.01. The normalized spacial score (nSPS) is 26.8. The van der Waals surface area contributed by atoms with Gasteiger partial charge in [0, 0.05) is 31.8 Å². The number of imide groups is 1. The number of aromatic nitrogens is 1. The molecule has 0 bridgehead atoms. The first-order valence-corrected chi connectivity index (χ1v) is 6.62. The maximum atomic E-state index is 12.1. The Hall–Kier alpha value is -1.52. The van der Waals surface area contributed by atoms with Crippen molar-refractivity contribution >= 4 is 17.9 Å². The number of aromatic carboxylic acids is 1. The van der Waals surface area contributed by atoms with Crippen LogP contribution in [0.1, 0.15) is 16.6 Å². The Morgan fingerprint density at radius 1 is 1.30 bits per heavy atom. The van der Waals surface area contributed by atoms with Gasteiger partial charge in [-0.15, -0.1) is 0 Å². The number of rotatable bonds is 2. The van der Waals surface area contributed by atoms with Crippen molar-refractivity contribution in [3.05, 3.63) is 35.4 Å². The van der Waals surface area contributed by atoms with E-state index in [9.17, 15) is 19.5 Å². The number of amides is 3. The first-order chi connectivity index (χ1) is 10.4. The second kappa shape index (κ2) is 6.54. The van der Waals surface area contributed by atoms with Crippen LogP contribution in [0.3, 0.4) is 0 Å². The van der Waals surface area contributed by atoms with Crippen molar-refractivity contribution in [2.24, 2.45) is 0 Å². The van der Waals surface area contributed by atoms with Gasteiger partial charge in [-0.1, -0.05) is 0 Å². The standard InChI is InChI=1S/C13H15N5O4.Na/c1-16-9-8(10(19)17(2)13(16)22)14-12(15-9)18-5-3-7(4-6-18)11(20)21;/h3-6,8-9,12,15H,1-2H3,(H,20,21);/q;+1/p-1. The van der Waals surface area contributed by atoms with Gasteiger partial charge >= 0.3 is 35.6 Å². The summed E-state index contributed by atoms with van der Waals surface area (Å²) in [7, 11) is 3.01. The SMILES string of the molecule is CN1C(=O)C2[N-]C([n+]3ccc(C(=O)[O-])cc3)NC2N(C)C1=O.[Na+]. The third kappa shape index (κ3) is 2.98. The summed E-state index contributed by atoms with van der Waals surface area (Å²) in [5.74, 6) is -1.63. The van der Waals surface area contributed by atoms with Crippen LogP contribution < -0.4 is 44.5 Å². The van der Waals surface area contributed by atoms with Crippen molar-refractivity contribution < 1.29 is 53.6 Å². The number of nitrogens with one attached hydrogen (secondary N) is 1. The molecule has 1 aromatic heterocycles. The quantitative estimate of drug-likeness (QED) is 0.432. The number of carboxylic acid groups (broad SMARTS) is 1. The van der Waals surface area contributed by atoms with Crippen LogP contribution in [0.5, 0.6) is 0 Å². The van der Waals surface area contributed by atoms with Gasteiger partial charge in [0.1, 0.15) is 6.29 Å². The molecule has 0 aromatic carbocycles. The molecular weight excluding hydrogens is 313 g/mol. The number of urea groups is 1. The van der Waals surface area contributed by atoms with Gasteiger partial charge in [-0.25, -0.2) is 9.36 Å². The van der Waals surface area contributed by atoms with Crippen molar-refractivity contribution in [3.63, 3.8) is 0 Å². The van der Waals surface area contributed by atoms with Gasteiger partial charge < -0.3 is 20.1 Å². The third-order valence-electron chi connectivity index (χ3n) is 3.88. The number of carbonyl (C=O) groups excluding carboxylic acids is 3. The molecule has 2 fully saturated rings. The maximum Gasteiger partial charge on any atom is 1.00 e. The van der Waals surface area contributed by atoms with Crippen LogP contribution in [-0.2, 0) is 4.79 Å². The van der Waals surface area contributed by atoms with Crippen LogP contribution in [0.15, 0.2) is 24.5 Å². The van der Waals surface area contributed by atoms with E-state index in [1.165, 1.54) is 36.5 Å². The molecule has 10 heteroatoms. The molecule has 1 aromatic rings. The third-order valence-corrected chi connectivity index (χ3v) is 3.88. The van der Waals surface area contributed by atoms with Crippen LogP contribution in [0.2, 0.25) is 0 Å². The first-order valence-electron chi connectivity index (χ1n) is 6.62. The van der Waals surface area contributed by atoms with Crippen LogP contribution in [0.25, 0.3) is 5.32 Å². The molecule has 116 valence electrons. The molecule has 23 heavy (non-hydrogen) atoms. The largest absolute Gasteiger partial charge is 1.00 e. The number of hydrogen-bond donors (Lipinski definition) is 1. The van der Waals surface area contributed by atoms with Gasteiger partial charge in [-0.3, -0.25) is 15.0 Å². The summed E-state index contributed by atoms with van der Waals surface area (Å²) in [4.78, 5) is 37.2. The molecule has 0 saturated carbocycles. The Bertz CT molecular complexity index is 652. The number of pyridine rings is 1. The summed E-state index contributed by atoms with van der Waals surface area (Å²) in [5, 5.41) is 18.2. The van der Waals surface area contributed by atoms with E-state index < -0.39 is 30.5 Å². The average molecular weight is 327 g/mol. The molecule has 0 aliphatic carbocycles. The number of nitrogens with zero attached hydrogens (tertiary/aromatic N) is 4. The molecule has 3 unspecified atom stereocenters. The van der Waals surface area contributed by atoms with Gasteiger partial charge in [-0.05, 0) is 6.04 Å². The minimum Gasteiger partial charge on any atom is -0.572 e. The fourth-order valence-corrected chi connectivity index (χ4v) is 2.59. The minimum absolute atomic E-state index is 0. The fourth-order valence-electron chi connectivity index (χ4n) is 2.59. The number of carboxylic acids is 1. The summed E-state index contributed by atoms with van der Waals surface area (Å²) in [5.41, 5.74) is 0.0507. The Morgan fingerprint density at radius 2 is 1.91 bits per heavy atom. The van der Waals surface area contributed by atoms with E-state index >= 15 is 0 Å². The zero-order chi connectivity index (χ0) is 16.0. The van der Waals surface area contributed by atoms with Crippen LogP contribution in [0, 0.1) is 0 Å². The second-order valence-corrected chi connectivity index (χ2v) is 5.19. The molecule has 3 rings (SSSR count). The molecule has 3 amide bonds. The molecule has 1 N–H and O–H groups in total. The summed E-state index contributed by atoms with van der Waals surface area (Å²) >= 11 is 0. The molecule has 2 aliphatic rings. The van der Waals surface area contributed by atoms with Gasteiger partial charge in [0.05, 0.1) is 12.1 Å². The Balaban J connectivity index is 0.00000192. The average Bonchev–Trinajstić information content (AvgIpc) is 2.96. The van der Waals surface area contributed by atoms with E-state index in [2.05, 4.69) is 10.6 Å². The summed E-state index contributed by atoms with van der Waals surface area (Å²) in [6, 6.07) is 1.69. The Kier molecular flexibility index (Phi) is 5.07. The van der Waals surface area contributed by atoms with Crippen LogP contribution >= 0.6 is 0 Å². The maximum absolute atomic E-state index is 12.1. The summed E-state index contributed by atoms with van der Waals surface area (Å²) < 4.78 is 1.62. The van der Waals surface area contributed by atoms with Gasteiger partial charge in [0.15, 0.2) is 12.4 Å². The molecule has 0 spiro atoms. The molecular formula is C13H14N5NaO4. The second-order valence-electron chi connectivity index (χ2n) is 5.19. The molecule has 0 radical (unpaired) electrons. The van der Waals surface area contributed by atoms with E-state index in [0.29, 0.717) is 0 Å². The van der Waals surface area contributed by atoms with Gasteiger partial charge in [0.25, 0.3) is 0 Å². The van der Waals surface area contributed by atoms with Gasteiger partial charge in [-0.2, -0.15) is 0 Å². The zero-order valence-electron chi connectivity index (χ0n) is 13.0. The van der Waals surface area contributed by atoms with E-state index in [-0.39, 0.29) is 41.0 Å². The van der Waals surface area contributed by atoms with Crippen molar-refractivity contribution in [2.75, 3.05) is 14.1 Å².